The Morgan fingerprint density at radius 2 is 1.46 bits per heavy atom. The Morgan fingerprint density at radius 1 is 0.846 bits per heavy atom. The fourth-order valence-electron chi connectivity index (χ4n) is 2.64. The van der Waals surface area contributed by atoms with E-state index in [2.05, 4.69) is 40.2 Å². The number of aryl methyl sites for hydroxylation is 1. The van der Waals surface area contributed by atoms with Gasteiger partial charge in [-0.05, 0) is 31.9 Å². The number of rotatable bonds is 8. The minimum absolute atomic E-state index is 0.0147. The highest BCUT2D eigenvalue weighted by atomic mass is 16.2. The van der Waals surface area contributed by atoms with Gasteiger partial charge in [-0.3, -0.25) is 14.9 Å². The van der Waals surface area contributed by atoms with Gasteiger partial charge >= 0.3 is 0 Å². The Kier molecular flexibility index (Phi) is 7.36. The fraction of sp³-hybridized carbons (Fsp3) is 0.333. The van der Waals surface area contributed by atoms with Crippen LogP contribution >= 0.6 is 0 Å². The zero-order chi connectivity index (χ0) is 18.9. The summed E-state index contributed by atoms with van der Waals surface area (Å²) in [6, 6.07) is 18.2. The minimum atomic E-state index is -0.211. The van der Waals surface area contributed by atoms with Crippen LogP contribution in [0.4, 0.5) is 0 Å². The lowest BCUT2D eigenvalue weighted by molar-refractivity contribution is -0.125. The summed E-state index contributed by atoms with van der Waals surface area (Å²) in [6.45, 7) is 5.92. The van der Waals surface area contributed by atoms with Crippen LogP contribution in [0.3, 0.4) is 0 Å². The molecule has 0 bridgehead atoms. The predicted molar refractivity (Wildman–Crippen MR) is 104 cm³/mol. The maximum Gasteiger partial charge on any atom is 0.239 e. The molecule has 0 fully saturated rings. The topological polar surface area (TPSA) is 70.2 Å². The van der Waals surface area contributed by atoms with Gasteiger partial charge < -0.3 is 10.6 Å². The van der Waals surface area contributed by atoms with Gasteiger partial charge in [0.25, 0.3) is 0 Å². The summed E-state index contributed by atoms with van der Waals surface area (Å²) in [5, 5.41) is 8.68. The third-order valence-electron chi connectivity index (χ3n) is 3.91. The Bertz CT molecular complexity index is 712. The lowest BCUT2D eigenvalue weighted by Crippen LogP contribution is -2.43. The molecule has 0 spiro atoms. The molecule has 138 valence electrons. The van der Waals surface area contributed by atoms with Crippen LogP contribution in [0, 0.1) is 6.92 Å². The first kappa shape index (κ1) is 19.7. The normalized spacial score (nSPS) is 11.8. The molecule has 5 heteroatoms. The maximum absolute atomic E-state index is 12.1. The molecule has 0 unspecified atom stereocenters. The molecule has 0 heterocycles. The zero-order valence-electron chi connectivity index (χ0n) is 15.6. The third kappa shape index (κ3) is 6.33. The molecule has 0 aliphatic carbocycles. The summed E-state index contributed by atoms with van der Waals surface area (Å²) in [6.07, 6.45) is 0. The molecule has 0 saturated carbocycles. The van der Waals surface area contributed by atoms with Gasteiger partial charge in [0.15, 0.2) is 0 Å². The van der Waals surface area contributed by atoms with Crippen molar-refractivity contribution in [2.75, 3.05) is 13.1 Å². The molecule has 0 aromatic heterocycles. The zero-order valence-corrected chi connectivity index (χ0v) is 15.6. The van der Waals surface area contributed by atoms with Gasteiger partial charge in [-0.1, -0.05) is 60.2 Å². The standard InChI is InChI=1S/C21H27N3O2/c1-15(2)24-20(26)14-22-19(25)13-23-21(17-7-5-4-6-8-17)18-11-9-16(3)10-12-18/h4-12,15,21,23H,13-14H2,1-3H3,(H,22,25)(H,24,26)/t21-/m0/s1. The molecule has 1 atom stereocenters. The Balaban J connectivity index is 1.98. The Hall–Kier alpha value is -2.66. The van der Waals surface area contributed by atoms with Gasteiger partial charge in [0.05, 0.1) is 19.1 Å². The molecule has 2 aromatic rings. The first-order valence-corrected chi connectivity index (χ1v) is 8.86. The second kappa shape index (κ2) is 9.73. The highest BCUT2D eigenvalue weighted by Crippen LogP contribution is 2.22. The van der Waals surface area contributed by atoms with Gasteiger partial charge in [-0.2, -0.15) is 0 Å². The van der Waals surface area contributed by atoms with E-state index in [0.29, 0.717) is 0 Å². The molecule has 0 radical (unpaired) electrons. The molecule has 2 rings (SSSR count). The third-order valence-corrected chi connectivity index (χ3v) is 3.91. The van der Waals surface area contributed by atoms with Crippen LogP contribution in [0.25, 0.3) is 0 Å². The summed E-state index contributed by atoms with van der Waals surface area (Å²) in [5.74, 6) is -0.400. The number of nitrogens with one attached hydrogen (secondary N) is 3. The first-order valence-electron chi connectivity index (χ1n) is 8.86. The molecule has 5 nitrogen and oxygen atoms in total. The fourth-order valence-corrected chi connectivity index (χ4v) is 2.64. The van der Waals surface area contributed by atoms with Crippen molar-refractivity contribution in [3.8, 4) is 0 Å². The number of hydrogen-bond acceptors (Lipinski definition) is 3. The van der Waals surface area contributed by atoms with Crippen molar-refractivity contribution in [3.63, 3.8) is 0 Å². The van der Waals surface area contributed by atoms with Crippen LogP contribution < -0.4 is 16.0 Å². The second-order valence-electron chi connectivity index (χ2n) is 6.63. The van der Waals surface area contributed by atoms with Crippen molar-refractivity contribution in [1.29, 1.82) is 0 Å². The molecular weight excluding hydrogens is 326 g/mol. The van der Waals surface area contributed by atoms with Gasteiger partial charge in [0, 0.05) is 6.04 Å². The average Bonchev–Trinajstić information content (AvgIpc) is 2.62. The van der Waals surface area contributed by atoms with E-state index >= 15 is 0 Å². The number of carbonyl (C=O) groups excluding carboxylic acids is 2. The number of hydrogen-bond donors (Lipinski definition) is 3. The molecule has 2 amide bonds. The summed E-state index contributed by atoms with van der Waals surface area (Å²) < 4.78 is 0. The van der Waals surface area contributed by atoms with Gasteiger partial charge in [-0.15, -0.1) is 0 Å². The van der Waals surface area contributed by atoms with Crippen molar-refractivity contribution in [2.45, 2.75) is 32.9 Å². The SMILES string of the molecule is Cc1ccc([C@@H](NCC(=O)NCC(=O)NC(C)C)c2ccccc2)cc1. The lowest BCUT2D eigenvalue weighted by Gasteiger charge is -2.20. The van der Waals surface area contributed by atoms with Crippen LogP contribution in [0.5, 0.6) is 0 Å². The molecule has 0 aliphatic rings. The highest BCUT2D eigenvalue weighted by molar-refractivity contribution is 5.85. The van der Waals surface area contributed by atoms with Crippen LogP contribution in [-0.4, -0.2) is 30.9 Å². The van der Waals surface area contributed by atoms with Crippen molar-refractivity contribution in [1.82, 2.24) is 16.0 Å². The van der Waals surface area contributed by atoms with Gasteiger partial charge in [0.1, 0.15) is 0 Å². The van der Waals surface area contributed by atoms with E-state index in [0.717, 1.165) is 11.1 Å². The number of carbonyl (C=O) groups is 2. The quantitative estimate of drug-likeness (QED) is 0.682. The Morgan fingerprint density at radius 3 is 2.08 bits per heavy atom. The molecule has 26 heavy (non-hydrogen) atoms. The minimum Gasteiger partial charge on any atom is -0.352 e. The summed E-state index contributed by atoms with van der Waals surface area (Å²) in [7, 11) is 0. The lowest BCUT2D eigenvalue weighted by atomic mass is 9.98. The van der Waals surface area contributed by atoms with Crippen molar-refractivity contribution in [3.05, 3.63) is 71.3 Å². The van der Waals surface area contributed by atoms with E-state index in [4.69, 9.17) is 0 Å². The van der Waals surface area contributed by atoms with E-state index in [-0.39, 0.29) is 37.0 Å². The maximum atomic E-state index is 12.1. The van der Waals surface area contributed by atoms with Gasteiger partial charge in [0.2, 0.25) is 11.8 Å². The van der Waals surface area contributed by atoms with E-state index in [1.54, 1.807) is 0 Å². The molecule has 0 aliphatic heterocycles. The van der Waals surface area contributed by atoms with Crippen LogP contribution in [0.1, 0.15) is 36.6 Å². The number of amides is 2. The predicted octanol–water partition coefficient (Wildman–Crippen LogP) is 2.31. The molecule has 2 aromatic carbocycles. The number of benzene rings is 2. The van der Waals surface area contributed by atoms with E-state index < -0.39 is 0 Å². The van der Waals surface area contributed by atoms with Crippen molar-refractivity contribution in [2.24, 2.45) is 0 Å². The van der Waals surface area contributed by atoms with Crippen molar-refractivity contribution >= 4 is 11.8 Å². The summed E-state index contributed by atoms with van der Waals surface area (Å²) in [5.41, 5.74) is 3.36. The van der Waals surface area contributed by atoms with E-state index in [1.807, 2.05) is 51.1 Å². The van der Waals surface area contributed by atoms with Gasteiger partial charge in [-0.25, -0.2) is 0 Å². The largest absolute Gasteiger partial charge is 0.352 e. The van der Waals surface area contributed by atoms with Crippen LogP contribution in [-0.2, 0) is 9.59 Å². The molecular formula is C21H27N3O2. The molecule has 0 saturated heterocycles. The van der Waals surface area contributed by atoms with Crippen molar-refractivity contribution < 1.29 is 9.59 Å². The summed E-state index contributed by atoms with van der Waals surface area (Å²) >= 11 is 0. The average molecular weight is 353 g/mol. The highest BCUT2D eigenvalue weighted by Gasteiger charge is 2.15. The Labute approximate surface area is 155 Å². The smallest absolute Gasteiger partial charge is 0.239 e. The monoisotopic (exact) mass is 353 g/mol. The molecule has 3 N–H and O–H groups in total. The first-order chi connectivity index (χ1) is 12.5. The van der Waals surface area contributed by atoms with Crippen LogP contribution in [0.2, 0.25) is 0 Å². The van der Waals surface area contributed by atoms with E-state index in [1.165, 1.54) is 5.56 Å². The summed E-state index contributed by atoms with van der Waals surface area (Å²) in [4.78, 5) is 23.7. The van der Waals surface area contributed by atoms with Crippen LogP contribution in [0.15, 0.2) is 54.6 Å². The van der Waals surface area contributed by atoms with E-state index in [9.17, 15) is 9.59 Å². The second-order valence-corrected chi connectivity index (χ2v) is 6.63.